The highest BCUT2D eigenvalue weighted by Gasteiger charge is 2.23. The van der Waals surface area contributed by atoms with Crippen molar-refractivity contribution in [2.45, 2.75) is 13.5 Å². The van der Waals surface area contributed by atoms with Gasteiger partial charge in [0.25, 0.3) is 11.2 Å². The third-order valence-electron chi connectivity index (χ3n) is 4.64. The summed E-state index contributed by atoms with van der Waals surface area (Å²) in [7, 11) is 0. The second-order valence-electron chi connectivity index (χ2n) is 6.74. The standard InChI is InChI=1S/C21H16N4O6S2/c1-2-31-21(28)18-14(16-4-3-7-32-16)10-33-19(18)23-17(26)9-24-11-22-15-8-12(25(29)30)5-6-13(15)20(24)27/h3-8,10-11H,2,9H2,1H3,(H,23,26). The molecule has 0 aliphatic heterocycles. The summed E-state index contributed by atoms with van der Waals surface area (Å²) in [5.41, 5.74) is 0.384. The highest BCUT2D eigenvalue weighted by molar-refractivity contribution is 7.17. The molecular weight excluding hydrogens is 468 g/mol. The van der Waals surface area contributed by atoms with Crippen LogP contribution in [-0.4, -0.2) is 33.0 Å². The molecule has 168 valence electrons. The number of nitro groups is 1. The second kappa shape index (κ2) is 9.30. The van der Waals surface area contributed by atoms with E-state index in [1.165, 1.54) is 40.9 Å². The predicted octanol–water partition coefficient (Wildman–Crippen LogP) is 3.91. The van der Waals surface area contributed by atoms with Gasteiger partial charge in [0.1, 0.15) is 17.1 Å². The van der Waals surface area contributed by atoms with Crippen molar-refractivity contribution in [3.8, 4) is 10.4 Å². The van der Waals surface area contributed by atoms with Gasteiger partial charge in [0.05, 0.1) is 28.8 Å². The van der Waals surface area contributed by atoms with Crippen LogP contribution in [0.5, 0.6) is 0 Å². The number of ether oxygens (including phenoxy) is 1. The average Bonchev–Trinajstić information content (AvgIpc) is 3.45. The van der Waals surface area contributed by atoms with E-state index < -0.39 is 22.4 Å². The number of esters is 1. The van der Waals surface area contributed by atoms with E-state index in [1.54, 1.807) is 12.3 Å². The molecule has 12 heteroatoms. The number of carbonyl (C=O) groups is 2. The number of nitrogens with zero attached hydrogens (tertiary/aromatic N) is 3. The molecule has 0 atom stereocenters. The van der Waals surface area contributed by atoms with E-state index in [9.17, 15) is 24.5 Å². The maximum Gasteiger partial charge on any atom is 0.341 e. The van der Waals surface area contributed by atoms with E-state index in [4.69, 9.17) is 4.74 Å². The summed E-state index contributed by atoms with van der Waals surface area (Å²) in [6, 6.07) is 7.44. The fourth-order valence-corrected chi connectivity index (χ4v) is 4.95. The lowest BCUT2D eigenvalue weighted by molar-refractivity contribution is -0.384. The largest absolute Gasteiger partial charge is 0.462 e. The first-order valence-electron chi connectivity index (χ1n) is 9.65. The van der Waals surface area contributed by atoms with Gasteiger partial charge in [-0.3, -0.25) is 24.3 Å². The summed E-state index contributed by atoms with van der Waals surface area (Å²) in [4.78, 5) is 53.3. The molecule has 0 unspecified atom stereocenters. The Morgan fingerprint density at radius 1 is 1.27 bits per heavy atom. The lowest BCUT2D eigenvalue weighted by atomic mass is 10.1. The van der Waals surface area contributed by atoms with Crippen molar-refractivity contribution in [1.29, 1.82) is 0 Å². The topological polar surface area (TPSA) is 133 Å². The number of amides is 1. The van der Waals surface area contributed by atoms with E-state index >= 15 is 0 Å². The highest BCUT2D eigenvalue weighted by atomic mass is 32.1. The minimum atomic E-state index is -0.577. The number of carbonyl (C=O) groups excluding carboxylic acids is 2. The fraction of sp³-hybridized carbons (Fsp3) is 0.143. The van der Waals surface area contributed by atoms with Crippen LogP contribution in [0.15, 0.2) is 52.2 Å². The molecule has 3 heterocycles. The van der Waals surface area contributed by atoms with E-state index in [0.717, 1.165) is 15.8 Å². The maximum absolute atomic E-state index is 12.7. The van der Waals surface area contributed by atoms with Gasteiger partial charge in [-0.2, -0.15) is 0 Å². The smallest absolute Gasteiger partial charge is 0.341 e. The van der Waals surface area contributed by atoms with Crippen molar-refractivity contribution in [2.75, 3.05) is 11.9 Å². The quantitative estimate of drug-likeness (QED) is 0.239. The van der Waals surface area contributed by atoms with Crippen LogP contribution in [0.25, 0.3) is 21.3 Å². The number of anilines is 1. The van der Waals surface area contributed by atoms with Crippen LogP contribution in [0.4, 0.5) is 10.7 Å². The van der Waals surface area contributed by atoms with E-state index in [0.29, 0.717) is 10.6 Å². The van der Waals surface area contributed by atoms with E-state index in [1.807, 2.05) is 17.5 Å². The number of nitrogens with one attached hydrogen (secondary N) is 1. The van der Waals surface area contributed by atoms with Crippen molar-refractivity contribution < 1.29 is 19.2 Å². The Morgan fingerprint density at radius 3 is 2.79 bits per heavy atom. The molecule has 4 aromatic rings. The van der Waals surface area contributed by atoms with Gasteiger partial charge in [0.15, 0.2) is 0 Å². The minimum absolute atomic E-state index is 0.152. The minimum Gasteiger partial charge on any atom is -0.462 e. The number of aromatic nitrogens is 2. The molecule has 0 saturated carbocycles. The summed E-state index contributed by atoms with van der Waals surface area (Å²) < 4.78 is 6.27. The molecule has 0 aliphatic rings. The van der Waals surface area contributed by atoms with E-state index in [-0.39, 0.29) is 35.3 Å². The number of hydrogen-bond donors (Lipinski definition) is 1. The van der Waals surface area contributed by atoms with Crippen molar-refractivity contribution in [2.24, 2.45) is 0 Å². The number of thiophene rings is 2. The van der Waals surface area contributed by atoms with Gasteiger partial charge in [-0.25, -0.2) is 9.78 Å². The zero-order chi connectivity index (χ0) is 23.5. The molecule has 3 aromatic heterocycles. The highest BCUT2D eigenvalue weighted by Crippen LogP contribution is 2.38. The summed E-state index contributed by atoms with van der Waals surface area (Å²) in [5.74, 6) is -1.09. The fourth-order valence-electron chi connectivity index (χ4n) is 3.16. The molecule has 1 aromatic carbocycles. The monoisotopic (exact) mass is 484 g/mol. The lowest BCUT2D eigenvalue weighted by Gasteiger charge is -2.09. The first-order valence-corrected chi connectivity index (χ1v) is 11.4. The van der Waals surface area contributed by atoms with Gasteiger partial charge in [-0.1, -0.05) is 6.07 Å². The van der Waals surface area contributed by atoms with E-state index in [2.05, 4.69) is 10.3 Å². The number of nitro benzene ring substituents is 1. The Hall–Kier alpha value is -3.90. The number of fused-ring (bicyclic) bond motifs is 1. The number of non-ortho nitro benzene ring substituents is 1. The van der Waals surface area contributed by atoms with Gasteiger partial charge in [0, 0.05) is 28.0 Å². The third kappa shape index (κ3) is 4.52. The third-order valence-corrected chi connectivity index (χ3v) is 6.44. The van der Waals surface area contributed by atoms with Gasteiger partial charge in [-0.15, -0.1) is 22.7 Å². The summed E-state index contributed by atoms with van der Waals surface area (Å²) in [6.07, 6.45) is 1.16. The molecular formula is C21H16N4O6S2. The number of rotatable bonds is 7. The summed E-state index contributed by atoms with van der Waals surface area (Å²) in [5, 5.41) is 17.7. The molecule has 1 N–H and O–H groups in total. The normalized spacial score (nSPS) is 10.8. The Balaban J connectivity index is 1.60. The number of benzene rings is 1. The van der Waals surface area contributed by atoms with Crippen LogP contribution in [0, 0.1) is 10.1 Å². The summed E-state index contributed by atoms with van der Waals surface area (Å²) in [6.45, 7) is 1.52. The molecule has 0 radical (unpaired) electrons. The lowest BCUT2D eigenvalue weighted by Crippen LogP contribution is -2.28. The second-order valence-corrected chi connectivity index (χ2v) is 8.56. The molecule has 1 amide bonds. The molecule has 0 bridgehead atoms. The van der Waals surface area contributed by atoms with Gasteiger partial charge < -0.3 is 10.1 Å². The molecule has 33 heavy (non-hydrogen) atoms. The van der Waals surface area contributed by atoms with Crippen LogP contribution in [0.1, 0.15) is 17.3 Å². The predicted molar refractivity (Wildman–Crippen MR) is 125 cm³/mol. The summed E-state index contributed by atoms with van der Waals surface area (Å²) >= 11 is 2.64. The molecule has 0 saturated heterocycles. The van der Waals surface area contributed by atoms with Crippen LogP contribution < -0.4 is 10.9 Å². The van der Waals surface area contributed by atoms with Crippen LogP contribution in [-0.2, 0) is 16.1 Å². The van der Waals surface area contributed by atoms with Gasteiger partial charge in [0.2, 0.25) is 5.91 Å². The molecule has 4 rings (SSSR count). The first kappa shape index (κ1) is 22.3. The first-order chi connectivity index (χ1) is 15.9. The van der Waals surface area contributed by atoms with Crippen molar-refractivity contribution in [1.82, 2.24) is 9.55 Å². The van der Waals surface area contributed by atoms with Crippen molar-refractivity contribution in [3.63, 3.8) is 0 Å². The average molecular weight is 485 g/mol. The van der Waals surface area contributed by atoms with Crippen LogP contribution >= 0.6 is 22.7 Å². The zero-order valence-corrected chi connectivity index (χ0v) is 18.8. The Kier molecular flexibility index (Phi) is 6.29. The van der Waals surface area contributed by atoms with Gasteiger partial charge in [-0.05, 0) is 24.4 Å². The SMILES string of the molecule is CCOC(=O)c1c(-c2cccs2)csc1NC(=O)Cn1cnc2cc([N+](=O)[O-])ccc2c1=O. The molecule has 0 spiro atoms. The Morgan fingerprint density at radius 2 is 2.09 bits per heavy atom. The molecule has 0 aliphatic carbocycles. The van der Waals surface area contributed by atoms with Crippen LogP contribution in [0.3, 0.4) is 0 Å². The Bertz CT molecular complexity index is 1420. The molecule has 10 nitrogen and oxygen atoms in total. The van der Waals surface area contributed by atoms with Crippen molar-refractivity contribution >= 4 is 56.1 Å². The van der Waals surface area contributed by atoms with Crippen molar-refractivity contribution in [3.05, 3.63) is 73.5 Å². The zero-order valence-electron chi connectivity index (χ0n) is 17.1. The maximum atomic E-state index is 12.7. The van der Waals surface area contributed by atoms with Gasteiger partial charge >= 0.3 is 5.97 Å². The van der Waals surface area contributed by atoms with Crippen LogP contribution in [0.2, 0.25) is 0 Å². The Labute approximate surface area is 194 Å². The molecule has 0 fully saturated rings. The number of hydrogen-bond acceptors (Lipinski definition) is 9.